The minimum atomic E-state index is -1.42. The summed E-state index contributed by atoms with van der Waals surface area (Å²) in [6, 6.07) is 0. The van der Waals surface area contributed by atoms with Gasteiger partial charge in [0.05, 0.1) is 0 Å². The summed E-state index contributed by atoms with van der Waals surface area (Å²) in [6.07, 6.45) is 0. The molecule has 0 unspecified atom stereocenters. The molecule has 0 radical (unpaired) electrons. The first-order valence-electron chi connectivity index (χ1n) is 0.408. The van der Waals surface area contributed by atoms with Crippen LogP contribution in [0, 0.1) is 0 Å². The van der Waals surface area contributed by atoms with Gasteiger partial charge in [-0.15, -0.1) is 0 Å². The first-order chi connectivity index (χ1) is 1.41. The van der Waals surface area contributed by atoms with E-state index in [-0.39, 0.29) is 149 Å². The van der Waals surface area contributed by atoms with Gasteiger partial charge in [0, 0.05) is 0 Å². The maximum Gasteiger partial charge on any atom is 3.00 e. The molecule has 0 heterocycles. The largest absolute Gasteiger partial charge is 3.00 e. The van der Waals surface area contributed by atoms with E-state index < -0.39 is 9.29 Å². The van der Waals surface area contributed by atoms with Crippen molar-refractivity contribution in [3.8, 4) is 0 Å². The first kappa shape index (κ1) is 83.9. The average Bonchev–Trinajstić information content (AvgIpc) is 0.918. The zero-order valence-electron chi connectivity index (χ0n) is 5.65. The van der Waals surface area contributed by atoms with Crippen LogP contribution in [0.2, 0.25) is 0 Å². The van der Waals surface area contributed by atoms with Crippen molar-refractivity contribution < 1.29 is 30.8 Å². The van der Waals surface area contributed by atoms with Gasteiger partial charge in [-0.05, 0) is 0 Å². The molecule has 6 nitrogen and oxygen atoms in total. The van der Waals surface area contributed by atoms with Crippen molar-refractivity contribution in [2.24, 2.45) is 0 Å². The summed E-state index contributed by atoms with van der Waals surface area (Å²) in [5.74, 6) is 0. The summed E-state index contributed by atoms with van der Waals surface area (Å²) >= 11 is 0. The predicted octanol–water partition coefficient (Wildman–Crippen LogP) is -2.62. The second-order valence-corrected chi connectivity index (χ2v) is 0.250. The van der Waals surface area contributed by atoms with E-state index in [1.165, 1.54) is 0 Å². The van der Waals surface area contributed by atoms with E-state index >= 15 is 0 Å². The molecule has 0 aromatic rings. The zero-order valence-corrected chi connectivity index (χ0v) is 15.9. The first-order valence-corrected chi connectivity index (χ1v) is 1.22. The monoisotopic (exact) mass is 353 g/mol. The molecule has 0 saturated heterocycles. The van der Waals surface area contributed by atoms with Gasteiger partial charge >= 0.3 is 136 Å². The number of rotatable bonds is 0. The molecule has 0 spiro atoms. The van der Waals surface area contributed by atoms with Crippen molar-refractivity contribution in [3.05, 3.63) is 0 Å². The normalized spacial score (nSPS) is 0.727. The van der Waals surface area contributed by atoms with Crippen molar-refractivity contribution in [1.29, 1.82) is 0 Å². The van der Waals surface area contributed by atoms with E-state index in [4.69, 9.17) is 8.92 Å². The maximum absolute atomic E-state index is 8.40. The van der Waals surface area contributed by atoms with Crippen LogP contribution < -0.4 is 0 Å². The fourth-order valence-electron chi connectivity index (χ4n) is 0. The SMILES string of the molecule is O=[Si]=O.[Al+3].[Ba+2].[Ca+2].[Mg+2].[O-2].[O-2].[O-2].[O-2]. The van der Waals surface area contributed by atoms with Gasteiger partial charge in [-0.2, -0.15) is 0 Å². The topological polar surface area (TPSA) is 148 Å². The molecule has 48 valence electrons. The Morgan fingerprint density at radius 3 is 0.818 bits per heavy atom. The van der Waals surface area contributed by atoms with E-state index in [1.54, 1.807) is 0 Å². The van der Waals surface area contributed by atoms with Crippen molar-refractivity contribution in [1.82, 2.24) is 0 Å². The van der Waals surface area contributed by atoms with Crippen LogP contribution in [0.4, 0.5) is 0 Å². The van der Waals surface area contributed by atoms with E-state index in [2.05, 4.69) is 0 Å². The van der Waals surface area contributed by atoms with Crippen LogP contribution in [0.15, 0.2) is 0 Å². The minimum absolute atomic E-state index is 0. The van der Waals surface area contributed by atoms with Gasteiger partial charge in [0.1, 0.15) is 0 Å². The summed E-state index contributed by atoms with van der Waals surface area (Å²) in [7, 11) is -1.42. The standard InChI is InChI=1S/Al.Ba.Ca.Mg.O2Si.4O/c;;;;1-3-2;;;;/q+3;3*+2;;4*-2. The quantitative estimate of drug-likeness (QED) is 0.439. The van der Waals surface area contributed by atoms with Gasteiger partial charge in [-0.1, -0.05) is 0 Å². The third-order valence-electron chi connectivity index (χ3n) is 0. The van der Waals surface area contributed by atoms with Crippen molar-refractivity contribution >= 4 is 136 Å². The Balaban J connectivity index is -0.000000000714. The van der Waals surface area contributed by atoms with Crippen LogP contribution >= 0.6 is 0 Å². The van der Waals surface area contributed by atoms with Crippen LogP contribution in [-0.4, -0.2) is 136 Å². The van der Waals surface area contributed by atoms with Crippen LogP contribution in [0.1, 0.15) is 0 Å². The summed E-state index contributed by atoms with van der Waals surface area (Å²) in [6.45, 7) is 0. The van der Waals surface area contributed by atoms with E-state index in [1.807, 2.05) is 0 Å². The third kappa shape index (κ3) is 134. The molecule has 0 atom stereocenters. The van der Waals surface area contributed by atoms with Crippen molar-refractivity contribution in [2.75, 3.05) is 0 Å². The van der Waals surface area contributed by atoms with E-state index in [0.717, 1.165) is 0 Å². The molecule has 0 N–H and O–H groups in total. The molecular formula is AlBaCaMgO6Si+. The van der Waals surface area contributed by atoms with Crippen molar-refractivity contribution in [2.45, 2.75) is 0 Å². The van der Waals surface area contributed by atoms with Crippen LogP contribution in [0.25, 0.3) is 0 Å². The Labute approximate surface area is 163 Å². The molecule has 0 aromatic carbocycles. The molecule has 0 saturated carbocycles. The summed E-state index contributed by atoms with van der Waals surface area (Å²) in [5.41, 5.74) is 0. The van der Waals surface area contributed by atoms with E-state index in [0.29, 0.717) is 0 Å². The van der Waals surface area contributed by atoms with Gasteiger partial charge in [-0.3, -0.25) is 8.92 Å². The molecule has 0 aromatic heterocycles. The van der Waals surface area contributed by atoms with Gasteiger partial charge in [0.25, 0.3) is 0 Å². The van der Waals surface area contributed by atoms with Gasteiger partial charge < -0.3 is 21.9 Å². The summed E-state index contributed by atoms with van der Waals surface area (Å²) in [4.78, 5) is 0. The van der Waals surface area contributed by atoms with E-state index in [9.17, 15) is 0 Å². The number of hydrogen-bond donors (Lipinski definition) is 0. The molecule has 0 aliphatic heterocycles. The minimum Gasteiger partial charge on any atom is -2.00 e. The third-order valence-corrected chi connectivity index (χ3v) is 0. The molecule has 0 amide bonds. The smallest absolute Gasteiger partial charge is 2.00 e. The predicted molar refractivity (Wildman–Crippen MR) is 32.9 cm³/mol. The van der Waals surface area contributed by atoms with Crippen LogP contribution in [0.3, 0.4) is 0 Å². The molecule has 0 rings (SSSR count). The number of hydrogen-bond acceptors (Lipinski definition) is 2. The molecule has 0 fully saturated rings. The van der Waals surface area contributed by atoms with Crippen LogP contribution in [-0.2, 0) is 30.8 Å². The zero-order chi connectivity index (χ0) is 2.71. The second kappa shape index (κ2) is 98.4. The van der Waals surface area contributed by atoms with Crippen molar-refractivity contribution in [3.63, 3.8) is 0 Å². The second-order valence-electron chi connectivity index (χ2n) is 0.0833. The fourth-order valence-corrected chi connectivity index (χ4v) is 0. The average molecular weight is 353 g/mol. The Hall–Kier alpha value is 3.79. The van der Waals surface area contributed by atoms with Gasteiger partial charge in [0.2, 0.25) is 0 Å². The van der Waals surface area contributed by atoms with Gasteiger partial charge in [-0.25, -0.2) is 0 Å². The molecule has 0 aliphatic rings. The molecule has 11 heteroatoms. The van der Waals surface area contributed by atoms with Crippen LogP contribution in [0.5, 0.6) is 0 Å². The molecule has 0 aliphatic carbocycles. The Bertz CT molecular complexity index is 43.6. The maximum atomic E-state index is 8.40. The summed E-state index contributed by atoms with van der Waals surface area (Å²) < 4.78 is 16.8. The van der Waals surface area contributed by atoms with Gasteiger partial charge in [0.15, 0.2) is 0 Å². The summed E-state index contributed by atoms with van der Waals surface area (Å²) in [5, 5.41) is 0. The fraction of sp³-hybridized carbons (Fsp3) is 0. The Kier molecular flexibility index (Phi) is 751. The molecule has 0 bridgehead atoms. The molecule has 11 heavy (non-hydrogen) atoms. The molecular weight excluding hydrogens is 353 g/mol. The Morgan fingerprint density at radius 2 is 0.818 bits per heavy atom. The Morgan fingerprint density at radius 1 is 0.818 bits per heavy atom.